The molecule has 0 aliphatic carbocycles. The second-order valence-corrected chi connectivity index (χ2v) is 11.0. The van der Waals surface area contributed by atoms with Gasteiger partial charge in [0.05, 0.1) is 0 Å². The van der Waals surface area contributed by atoms with Crippen LogP contribution in [0.25, 0.3) is 0 Å². The van der Waals surface area contributed by atoms with Gasteiger partial charge in [0.2, 0.25) is 12.3 Å². The molecule has 2 atom stereocenters. The van der Waals surface area contributed by atoms with Gasteiger partial charge in [-0.05, 0) is 10.3 Å². The van der Waals surface area contributed by atoms with Crippen LogP contribution >= 0.6 is 0 Å². The van der Waals surface area contributed by atoms with Crippen LogP contribution in [0.5, 0.6) is 0 Å². The van der Waals surface area contributed by atoms with Crippen LogP contribution in [0.1, 0.15) is 33.6 Å². The number of hydrogen-bond donors (Lipinski definition) is 4. The summed E-state index contributed by atoms with van der Waals surface area (Å²) < 4.78 is 59.4. The van der Waals surface area contributed by atoms with E-state index in [0.717, 1.165) is 26.9 Å². The topological polar surface area (TPSA) is 235 Å². The Balaban J connectivity index is -0.000000287. The predicted octanol–water partition coefficient (Wildman–Crippen LogP) is -0.283. The first-order valence-corrected chi connectivity index (χ1v) is 14.5. The predicted molar refractivity (Wildman–Crippen MR) is 145 cm³/mol. The van der Waals surface area contributed by atoms with Gasteiger partial charge < -0.3 is 60.7 Å². The average molecular weight is 809 g/mol. The number of nitrogens with one attached hydrogen (secondary N) is 2. The molecule has 18 nitrogen and oxygen atoms in total. The summed E-state index contributed by atoms with van der Waals surface area (Å²) in [7, 11) is -8.84. The molecule has 2 heterocycles. The second kappa shape index (κ2) is 23.7. The molecule has 22 heteroatoms. The van der Waals surface area contributed by atoms with E-state index in [-0.39, 0.29) is 97.5 Å². The average Bonchev–Trinajstić information content (AvgIpc) is 3.59. The Morgan fingerprint density at radius 2 is 1.16 bits per heavy atom. The summed E-state index contributed by atoms with van der Waals surface area (Å²) in [6.07, 6.45) is 2.64. The van der Waals surface area contributed by atoms with Crippen molar-refractivity contribution in [2.45, 2.75) is 43.9 Å². The third-order valence-electron chi connectivity index (χ3n) is 4.12. The van der Waals surface area contributed by atoms with Gasteiger partial charge in [-0.1, -0.05) is 13.8 Å². The Kier molecular flexibility index (Phi) is 27.2. The van der Waals surface area contributed by atoms with E-state index in [2.05, 4.69) is 66.3 Å². The summed E-state index contributed by atoms with van der Waals surface area (Å²) in [6.45, 7) is 25.0. The van der Waals surface area contributed by atoms with Crippen LogP contribution in [0.3, 0.4) is 0 Å². The third-order valence-corrected chi connectivity index (χ3v) is 8.26. The van der Waals surface area contributed by atoms with Crippen LogP contribution in [-0.2, 0) is 114 Å². The number of oxime groups is 2. The van der Waals surface area contributed by atoms with Gasteiger partial charge in [0.25, 0.3) is 0 Å². The summed E-state index contributed by atoms with van der Waals surface area (Å²) in [5.41, 5.74) is 2.31. The van der Waals surface area contributed by atoms with Crippen molar-refractivity contribution in [3.63, 3.8) is 0 Å². The van der Waals surface area contributed by atoms with Crippen LogP contribution in [0.4, 0.5) is 0 Å². The van der Waals surface area contributed by atoms with Crippen molar-refractivity contribution in [2.24, 2.45) is 10.3 Å². The Morgan fingerprint density at radius 3 is 1.42 bits per heavy atom. The Hall–Kier alpha value is -0.572. The van der Waals surface area contributed by atoms with Crippen molar-refractivity contribution >= 4 is 44.2 Å². The first-order valence-electron chi connectivity index (χ1n) is 11.6. The molecule has 0 saturated carbocycles. The molecule has 0 saturated heterocycles. The molecule has 2 unspecified atom stereocenters. The molecule has 2 aliphatic heterocycles. The van der Waals surface area contributed by atoms with Gasteiger partial charge in [-0.2, -0.15) is 12.8 Å². The van der Waals surface area contributed by atoms with E-state index >= 15 is 0 Å². The standard InChI is InChI=1S/C8H13N3O6S.C7H11N3O6S.2C3H7.2Y/c1-4-11(5-2)18(14,15)8(7(12)9-13)16-6(3)10-17-8;1-3-10(4-2)17(13,14)7(6(11)9-12)15-5-8-16-7;2*1-3-2;;/h13H,1-2,4-5H2,3H3,(H,9,12);5,12H,1-4H2,(H,9,11);2*1,3H2,2H3;;/q2*-2;2*-1;2*+3. The van der Waals surface area contributed by atoms with E-state index in [1.54, 1.807) is 0 Å². The molecule has 0 spiro atoms. The van der Waals surface area contributed by atoms with Crippen molar-refractivity contribution in [2.75, 3.05) is 26.2 Å². The molecule has 4 N–H and O–H groups in total. The van der Waals surface area contributed by atoms with Gasteiger partial charge in [0.1, 0.15) is 0 Å². The molecule has 242 valence electrons. The number of sulfonamides is 2. The number of hydrogen-bond acceptors (Lipinski definition) is 14. The number of rotatable bonds is 10. The minimum absolute atomic E-state index is 0. The van der Waals surface area contributed by atoms with Gasteiger partial charge in [-0.3, -0.25) is 28.6 Å². The number of hydroxylamine groups is 2. The zero-order valence-corrected chi connectivity index (χ0v) is 31.6. The van der Waals surface area contributed by atoms with Crippen molar-refractivity contribution in [1.29, 1.82) is 0 Å². The molecule has 2 rings (SSSR count). The molecule has 43 heavy (non-hydrogen) atoms. The van der Waals surface area contributed by atoms with Gasteiger partial charge in [0, 0.05) is 6.92 Å². The van der Waals surface area contributed by atoms with E-state index in [9.17, 15) is 26.4 Å². The maximum Gasteiger partial charge on any atom is 3.00 e. The molecule has 0 bridgehead atoms. The van der Waals surface area contributed by atoms with Crippen molar-refractivity contribution in [3.05, 3.63) is 41.5 Å². The number of amides is 2. The monoisotopic (exact) mass is 808 g/mol. The number of carbonyl (C=O) groups excluding carboxylic acids is 2. The van der Waals surface area contributed by atoms with E-state index in [1.807, 2.05) is 13.8 Å². The van der Waals surface area contributed by atoms with Gasteiger partial charge in [-0.25, -0.2) is 27.8 Å². The molecular weight excluding hydrogens is 770 g/mol. The van der Waals surface area contributed by atoms with Gasteiger partial charge in [-0.15, -0.1) is 26.2 Å². The van der Waals surface area contributed by atoms with E-state index < -0.39 is 42.1 Å². The largest absolute Gasteiger partial charge is 3.00 e. The van der Waals surface area contributed by atoms with Crippen LogP contribution < -0.4 is 11.0 Å². The molecular formula is C21H38N6O12S2Y2. The minimum atomic E-state index is -4.43. The van der Waals surface area contributed by atoms with E-state index in [1.165, 1.54) is 12.4 Å². The fourth-order valence-corrected chi connectivity index (χ4v) is 5.23. The Labute approximate surface area is 304 Å². The van der Waals surface area contributed by atoms with E-state index in [4.69, 9.17) is 15.2 Å². The minimum Gasteiger partial charge on any atom is -0.416 e. The summed E-state index contributed by atoms with van der Waals surface area (Å²) in [5, 5.41) is 17.9. The zero-order chi connectivity index (χ0) is 32.5. The van der Waals surface area contributed by atoms with Crippen LogP contribution in [0, 0.1) is 41.5 Å². The fourth-order valence-electron chi connectivity index (χ4n) is 2.37. The third kappa shape index (κ3) is 11.9. The molecule has 2 amide bonds. The first-order chi connectivity index (χ1) is 19.1. The SMILES string of the molecule is [CH2-]CC.[CH2-]CC.[CH2-]CN(C[CH2-])S(=O)(=O)C1(C(=O)NO)OC=NO1.[CH2-]CN(C[CH2-])S(=O)(=O)C1(C(=O)NO)ON=C(C)O1.[Y+3].[Y+3]. The summed E-state index contributed by atoms with van der Waals surface area (Å²) in [5.74, 6) is -3.02. The molecule has 0 aromatic carbocycles. The smallest absolute Gasteiger partial charge is 0.416 e. The number of nitrogens with zero attached hydrogens (tertiary/aromatic N) is 4. The maximum absolute atomic E-state index is 12.2. The molecule has 0 radical (unpaired) electrons. The Bertz CT molecular complexity index is 1080. The summed E-state index contributed by atoms with van der Waals surface area (Å²) in [6, 6.07) is 0. The Morgan fingerprint density at radius 1 is 0.814 bits per heavy atom. The number of ether oxygens (including phenoxy) is 2. The van der Waals surface area contributed by atoms with Crippen LogP contribution in [0.2, 0.25) is 0 Å². The van der Waals surface area contributed by atoms with Crippen molar-refractivity contribution < 1.29 is 121 Å². The first kappa shape index (κ1) is 49.3. The normalized spacial score (nSPS) is 19.8. The maximum atomic E-state index is 12.2. The summed E-state index contributed by atoms with van der Waals surface area (Å²) in [4.78, 5) is 31.9. The van der Waals surface area contributed by atoms with Crippen molar-refractivity contribution in [3.8, 4) is 0 Å². The summed E-state index contributed by atoms with van der Waals surface area (Å²) >= 11 is 0. The fraction of sp³-hybridized carbons (Fsp3) is 0.524. The quantitative estimate of drug-likeness (QED) is 0.127. The number of carbonyl (C=O) groups is 2. The molecule has 0 fully saturated rings. The second-order valence-electron chi connectivity index (χ2n) is 7.03. The van der Waals surface area contributed by atoms with Crippen molar-refractivity contribution in [1.82, 2.24) is 19.6 Å². The molecule has 0 aromatic rings. The van der Waals surface area contributed by atoms with Gasteiger partial charge >= 0.3 is 108 Å². The molecule has 2 aliphatic rings. The van der Waals surface area contributed by atoms with Gasteiger partial charge in [0.15, 0.2) is 0 Å². The van der Waals surface area contributed by atoms with Crippen LogP contribution in [0.15, 0.2) is 10.3 Å². The molecule has 0 aromatic heterocycles. The van der Waals surface area contributed by atoms with E-state index in [0.29, 0.717) is 6.40 Å². The van der Waals surface area contributed by atoms with Crippen LogP contribution in [-0.4, -0.2) is 96.4 Å². The zero-order valence-electron chi connectivity index (χ0n) is 24.3.